The number of thiophene rings is 1. The van der Waals surface area contributed by atoms with Gasteiger partial charge in [-0.05, 0) is 54.7 Å². The average Bonchev–Trinajstić information content (AvgIpc) is 2.71. The van der Waals surface area contributed by atoms with Crippen LogP contribution in [0.3, 0.4) is 0 Å². The number of aliphatic hydroxyl groups excluding tert-OH is 1. The number of rotatable bonds is 4. The van der Waals surface area contributed by atoms with Gasteiger partial charge in [0.15, 0.2) is 0 Å². The minimum absolute atomic E-state index is 0.359. The first-order valence-corrected chi connectivity index (χ1v) is 6.95. The van der Waals surface area contributed by atoms with E-state index in [2.05, 4.69) is 10.6 Å². The Morgan fingerprint density at radius 1 is 1.50 bits per heavy atom. The molecular formula is C12H20N2OS. The van der Waals surface area contributed by atoms with Gasteiger partial charge in [-0.15, -0.1) is 0 Å². The molecule has 1 aromatic rings. The maximum absolute atomic E-state index is 9.94. The molecule has 0 spiro atoms. The van der Waals surface area contributed by atoms with E-state index in [1.54, 1.807) is 11.3 Å². The fourth-order valence-electron chi connectivity index (χ4n) is 2.08. The summed E-state index contributed by atoms with van der Waals surface area (Å²) >= 11 is 1.63. The van der Waals surface area contributed by atoms with Crippen molar-refractivity contribution in [2.75, 3.05) is 19.6 Å². The van der Waals surface area contributed by atoms with Gasteiger partial charge in [0.25, 0.3) is 0 Å². The second kappa shape index (κ2) is 6.35. The lowest BCUT2D eigenvalue weighted by Gasteiger charge is -2.18. The molecule has 0 aromatic carbocycles. The van der Waals surface area contributed by atoms with Gasteiger partial charge in [-0.3, -0.25) is 0 Å². The first-order valence-electron chi connectivity index (χ1n) is 6.00. The summed E-state index contributed by atoms with van der Waals surface area (Å²) in [6, 6.07) is 2.55. The highest BCUT2D eigenvalue weighted by molar-refractivity contribution is 7.07. The molecule has 1 saturated heterocycles. The topological polar surface area (TPSA) is 44.3 Å². The zero-order valence-corrected chi connectivity index (χ0v) is 10.3. The Morgan fingerprint density at radius 3 is 3.25 bits per heavy atom. The summed E-state index contributed by atoms with van der Waals surface area (Å²) in [5.41, 5.74) is 1.03. The third-order valence-corrected chi connectivity index (χ3v) is 3.81. The van der Waals surface area contributed by atoms with Gasteiger partial charge in [0.2, 0.25) is 0 Å². The molecule has 1 aromatic heterocycles. The number of aliphatic hydroxyl groups is 1. The van der Waals surface area contributed by atoms with E-state index in [1.807, 2.05) is 16.8 Å². The van der Waals surface area contributed by atoms with Crippen LogP contribution in [0.25, 0.3) is 0 Å². The van der Waals surface area contributed by atoms with Gasteiger partial charge in [-0.2, -0.15) is 11.3 Å². The van der Waals surface area contributed by atoms with E-state index >= 15 is 0 Å². The molecule has 1 aliphatic rings. The monoisotopic (exact) mass is 240 g/mol. The van der Waals surface area contributed by atoms with Crippen LogP contribution in [0.15, 0.2) is 16.8 Å². The summed E-state index contributed by atoms with van der Waals surface area (Å²) in [5.74, 6) is 0. The van der Waals surface area contributed by atoms with Crippen LogP contribution in [-0.2, 0) is 0 Å². The zero-order chi connectivity index (χ0) is 11.2. The second-order valence-corrected chi connectivity index (χ2v) is 5.14. The number of hydrogen-bond donors (Lipinski definition) is 3. The Labute approximate surface area is 101 Å². The Kier molecular flexibility index (Phi) is 4.78. The van der Waals surface area contributed by atoms with E-state index < -0.39 is 0 Å². The molecule has 2 rings (SSSR count). The van der Waals surface area contributed by atoms with Crippen LogP contribution in [-0.4, -0.2) is 30.8 Å². The lowest BCUT2D eigenvalue weighted by Crippen LogP contribution is -2.33. The van der Waals surface area contributed by atoms with Gasteiger partial charge in [0, 0.05) is 12.6 Å². The highest BCUT2D eigenvalue weighted by atomic mass is 32.1. The molecule has 0 aliphatic carbocycles. The summed E-state index contributed by atoms with van der Waals surface area (Å²) < 4.78 is 0. The molecule has 0 bridgehead atoms. The molecular weight excluding hydrogens is 220 g/mol. The molecule has 0 radical (unpaired) electrons. The minimum atomic E-state index is -0.359. The van der Waals surface area contributed by atoms with Crippen molar-refractivity contribution in [2.45, 2.75) is 31.4 Å². The van der Waals surface area contributed by atoms with Gasteiger partial charge < -0.3 is 15.7 Å². The lowest BCUT2D eigenvalue weighted by atomic mass is 10.1. The van der Waals surface area contributed by atoms with Crippen LogP contribution in [0.4, 0.5) is 0 Å². The van der Waals surface area contributed by atoms with Gasteiger partial charge in [-0.1, -0.05) is 0 Å². The summed E-state index contributed by atoms with van der Waals surface area (Å²) in [7, 11) is 0. The normalized spacial score (nSPS) is 23.9. The van der Waals surface area contributed by atoms with E-state index in [9.17, 15) is 5.11 Å². The third-order valence-electron chi connectivity index (χ3n) is 3.10. The van der Waals surface area contributed by atoms with E-state index in [-0.39, 0.29) is 6.10 Å². The Bertz CT molecular complexity index is 281. The summed E-state index contributed by atoms with van der Waals surface area (Å²) in [6.07, 6.45) is 3.24. The molecule has 1 fully saturated rings. The van der Waals surface area contributed by atoms with Crippen molar-refractivity contribution in [2.24, 2.45) is 0 Å². The molecule has 2 heterocycles. The van der Waals surface area contributed by atoms with Crippen molar-refractivity contribution in [3.8, 4) is 0 Å². The highest BCUT2D eigenvalue weighted by Gasteiger charge is 2.14. The average molecular weight is 240 g/mol. The first-order chi connectivity index (χ1) is 7.86. The van der Waals surface area contributed by atoms with Gasteiger partial charge in [0.1, 0.15) is 0 Å². The Morgan fingerprint density at radius 2 is 2.44 bits per heavy atom. The standard InChI is InChI=1S/C12H20N2OS/c15-12(10-4-7-16-9-10)8-14-11-2-1-5-13-6-3-11/h4,7,9,11-15H,1-3,5-6,8H2. The van der Waals surface area contributed by atoms with Gasteiger partial charge >= 0.3 is 0 Å². The molecule has 0 saturated carbocycles. The van der Waals surface area contributed by atoms with Crippen molar-refractivity contribution < 1.29 is 5.11 Å². The smallest absolute Gasteiger partial charge is 0.0922 e. The fourth-order valence-corrected chi connectivity index (χ4v) is 2.79. The zero-order valence-electron chi connectivity index (χ0n) is 9.48. The number of nitrogens with one attached hydrogen (secondary N) is 2. The van der Waals surface area contributed by atoms with E-state index in [0.29, 0.717) is 12.6 Å². The fraction of sp³-hybridized carbons (Fsp3) is 0.667. The maximum atomic E-state index is 9.94. The lowest BCUT2D eigenvalue weighted by molar-refractivity contribution is 0.169. The van der Waals surface area contributed by atoms with Crippen LogP contribution in [0, 0.1) is 0 Å². The molecule has 2 atom stereocenters. The summed E-state index contributed by atoms with van der Waals surface area (Å²) in [6.45, 7) is 2.89. The Hall–Kier alpha value is -0.420. The Balaban J connectivity index is 1.73. The first kappa shape index (κ1) is 12.0. The molecule has 4 heteroatoms. The van der Waals surface area contributed by atoms with E-state index in [1.165, 1.54) is 12.8 Å². The van der Waals surface area contributed by atoms with Crippen LogP contribution in [0.1, 0.15) is 30.9 Å². The number of hydrogen-bond acceptors (Lipinski definition) is 4. The van der Waals surface area contributed by atoms with Crippen LogP contribution >= 0.6 is 11.3 Å². The van der Waals surface area contributed by atoms with Gasteiger partial charge in [-0.25, -0.2) is 0 Å². The van der Waals surface area contributed by atoms with Crippen molar-refractivity contribution >= 4 is 11.3 Å². The third kappa shape index (κ3) is 3.56. The molecule has 90 valence electrons. The predicted molar refractivity (Wildman–Crippen MR) is 67.8 cm³/mol. The molecule has 0 amide bonds. The maximum Gasteiger partial charge on any atom is 0.0922 e. The van der Waals surface area contributed by atoms with Crippen LogP contribution in [0.2, 0.25) is 0 Å². The second-order valence-electron chi connectivity index (χ2n) is 4.36. The van der Waals surface area contributed by atoms with E-state index in [0.717, 1.165) is 25.1 Å². The quantitative estimate of drug-likeness (QED) is 0.747. The molecule has 3 N–H and O–H groups in total. The van der Waals surface area contributed by atoms with E-state index in [4.69, 9.17) is 0 Å². The molecule has 1 aliphatic heterocycles. The van der Waals surface area contributed by atoms with Crippen molar-refractivity contribution in [3.63, 3.8) is 0 Å². The summed E-state index contributed by atoms with van der Waals surface area (Å²) in [4.78, 5) is 0. The molecule has 2 unspecified atom stereocenters. The predicted octanol–water partition coefficient (Wildman–Crippen LogP) is 1.51. The summed E-state index contributed by atoms with van der Waals surface area (Å²) in [5, 5.41) is 20.8. The molecule has 3 nitrogen and oxygen atoms in total. The molecule has 16 heavy (non-hydrogen) atoms. The highest BCUT2D eigenvalue weighted by Crippen LogP contribution is 2.16. The van der Waals surface area contributed by atoms with Crippen molar-refractivity contribution in [1.29, 1.82) is 0 Å². The van der Waals surface area contributed by atoms with Crippen LogP contribution in [0.5, 0.6) is 0 Å². The van der Waals surface area contributed by atoms with Crippen LogP contribution < -0.4 is 10.6 Å². The van der Waals surface area contributed by atoms with Crippen molar-refractivity contribution in [1.82, 2.24) is 10.6 Å². The largest absolute Gasteiger partial charge is 0.387 e. The minimum Gasteiger partial charge on any atom is -0.387 e. The van der Waals surface area contributed by atoms with Gasteiger partial charge in [0.05, 0.1) is 6.10 Å². The van der Waals surface area contributed by atoms with Crippen molar-refractivity contribution in [3.05, 3.63) is 22.4 Å². The SMILES string of the molecule is OC(CNC1CCCNCC1)c1ccsc1.